The zero-order valence-electron chi connectivity index (χ0n) is 18.7. The van der Waals surface area contributed by atoms with Crippen molar-refractivity contribution < 1.29 is 27.5 Å². The first kappa shape index (κ1) is 24.2. The van der Waals surface area contributed by atoms with Crippen molar-refractivity contribution in [3.8, 4) is 5.75 Å². The fourth-order valence-electron chi connectivity index (χ4n) is 3.62. The zero-order valence-corrected chi connectivity index (χ0v) is 19.5. The number of carbonyl (C=O) groups excluding carboxylic acids is 2. The van der Waals surface area contributed by atoms with Gasteiger partial charge in [0, 0.05) is 23.5 Å². The van der Waals surface area contributed by atoms with Crippen molar-refractivity contribution in [2.24, 2.45) is 5.14 Å². The lowest BCUT2D eigenvalue weighted by atomic mass is 10.1. The van der Waals surface area contributed by atoms with E-state index in [4.69, 9.17) is 14.6 Å². The van der Waals surface area contributed by atoms with E-state index >= 15 is 0 Å². The van der Waals surface area contributed by atoms with Gasteiger partial charge in [0.15, 0.2) is 6.61 Å². The van der Waals surface area contributed by atoms with Gasteiger partial charge in [0.05, 0.1) is 12.0 Å². The first-order chi connectivity index (χ1) is 15.6. The summed E-state index contributed by atoms with van der Waals surface area (Å²) < 4.78 is 35.5. The van der Waals surface area contributed by atoms with Crippen LogP contribution in [0.25, 0.3) is 0 Å². The second-order valence-electron chi connectivity index (χ2n) is 7.58. The molecule has 0 unspecified atom stereocenters. The van der Waals surface area contributed by atoms with Crippen molar-refractivity contribution in [3.05, 3.63) is 82.7 Å². The minimum Gasteiger partial charge on any atom is -0.496 e. The summed E-state index contributed by atoms with van der Waals surface area (Å²) >= 11 is 0. The van der Waals surface area contributed by atoms with Gasteiger partial charge in [-0.1, -0.05) is 30.3 Å². The molecular formula is C24H26N2O6S. The van der Waals surface area contributed by atoms with Gasteiger partial charge in [0.25, 0.3) is 0 Å². The molecule has 0 atom stereocenters. The number of ketones is 1. The number of esters is 1. The molecular weight excluding hydrogens is 444 g/mol. The molecule has 2 aromatic carbocycles. The fraction of sp³-hybridized carbons (Fsp3) is 0.250. The maximum Gasteiger partial charge on any atom is 0.342 e. The minimum absolute atomic E-state index is 0.110. The molecule has 0 bridgehead atoms. The highest BCUT2D eigenvalue weighted by molar-refractivity contribution is 7.89. The van der Waals surface area contributed by atoms with Crippen molar-refractivity contribution in [1.29, 1.82) is 0 Å². The molecule has 0 saturated heterocycles. The van der Waals surface area contributed by atoms with Crippen LogP contribution in [0.5, 0.6) is 5.75 Å². The van der Waals surface area contributed by atoms with E-state index in [1.165, 1.54) is 24.8 Å². The number of sulfonamides is 1. The summed E-state index contributed by atoms with van der Waals surface area (Å²) in [5, 5.41) is 5.13. The molecule has 0 aliphatic carbocycles. The third-order valence-corrected chi connectivity index (χ3v) is 6.31. The molecule has 1 aromatic heterocycles. The SMILES string of the molecule is COc1ccc(S(N)(=O)=O)cc1C(=O)OCC(=O)c1cc(C)n(CCc2ccccc2)c1C. The van der Waals surface area contributed by atoms with Crippen molar-refractivity contribution in [3.63, 3.8) is 0 Å². The Morgan fingerprint density at radius 1 is 1.00 bits per heavy atom. The Hall–Kier alpha value is -3.43. The number of rotatable bonds is 9. The number of nitrogens with zero attached hydrogens (tertiary/aromatic N) is 1. The summed E-state index contributed by atoms with van der Waals surface area (Å²) in [6.07, 6.45) is 0.819. The second kappa shape index (κ2) is 10.0. The standard InChI is InChI=1S/C24H26N2O6S/c1-16-13-20(17(2)26(16)12-11-18-7-5-4-6-8-18)22(27)15-32-24(28)21-14-19(33(25,29)30)9-10-23(21)31-3/h4-10,13-14H,11-12,15H2,1-3H3,(H2,25,29,30). The number of aromatic nitrogens is 1. The monoisotopic (exact) mass is 470 g/mol. The van der Waals surface area contributed by atoms with Gasteiger partial charge in [-0.2, -0.15) is 0 Å². The molecule has 2 N–H and O–H groups in total. The summed E-state index contributed by atoms with van der Waals surface area (Å²) in [6, 6.07) is 15.4. The third kappa shape index (κ3) is 5.68. The summed E-state index contributed by atoms with van der Waals surface area (Å²) in [5.74, 6) is -1.13. The van der Waals surface area contributed by atoms with Crippen molar-refractivity contribution in [2.45, 2.75) is 31.7 Å². The van der Waals surface area contributed by atoms with Gasteiger partial charge >= 0.3 is 5.97 Å². The van der Waals surface area contributed by atoms with Gasteiger partial charge in [-0.05, 0) is 50.1 Å². The molecule has 0 aliphatic heterocycles. The number of ether oxygens (including phenoxy) is 2. The van der Waals surface area contributed by atoms with Crippen LogP contribution in [0.1, 0.15) is 37.7 Å². The van der Waals surface area contributed by atoms with Gasteiger partial charge in [-0.3, -0.25) is 4.79 Å². The Labute approximate surface area is 193 Å². The molecule has 0 saturated carbocycles. The Morgan fingerprint density at radius 3 is 2.33 bits per heavy atom. The normalized spacial score (nSPS) is 11.3. The van der Waals surface area contributed by atoms with Crippen molar-refractivity contribution in [2.75, 3.05) is 13.7 Å². The molecule has 0 aliphatic rings. The average Bonchev–Trinajstić information content (AvgIpc) is 3.08. The quantitative estimate of drug-likeness (QED) is 0.379. The number of carbonyl (C=O) groups is 2. The van der Waals surface area contributed by atoms with Crippen LogP contribution in [0.3, 0.4) is 0 Å². The van der Waals surface area contributed by atoms with Crippen LogP contribution < -0.4 is 9.88 Å². The van der Waals surface area contributed by atoms with E-state index in [0.717, 1.165) is 23.9 Å². The number of hydrogen-bond donors (Lipinski definition) is 1. The van der Waals surface area contributed by atoms with E-state index < -0.39 is 22.6 Å². The highest BCUT2D eigenvalue weighted by atomic mass is 32.2. The largest absolute Gasteiger partial charge is 0.496 e. The molecule has 3 aromatic rings. The highest BCUT2D eigenvalue weighted by Crippen LogP contribution is 2.23. The number of primary sulfonamides is 1. The lowest BCUT2D eigenvalue weighted by molar-refractivity contribution is 0.0471. The predicted octanol–water partition coefficient (Wildman–Crippen LogP) is 3.04. The van der Waals surface area contributed by atoms with Gasteiger partial charge in [0.1, 0.15) is 11.3 Å². The maximum atomic E-state index is 12.8. The molecule has 8 nitrogen and oxygen atoms in total. The Bertz CT molecular complexity index is 1280. The Kier molecular flexibility index (Phi) is 7.35. The maximum absolute atomic E-state index is 12.8. The van der Waals surface area contributed by atoms with Crippen LogP contribution >= 0.6 is 0 Å². The van der Waals surface area contributed by atoms with E-state index in [-0.39, 0.29) is 22.0 Å². The number of aryl methyl sites for hydroxylation is 2. The van der Waals surface area contributed by atoms with E-state index in [1.807, 2.05) is 32.0 Å². The summed E-state index contributed by atoms with van der Waals surface area (Å²) in [6.45, 7) is 3.99. The van der Waals surface area contributed by atoms with Gasteiger partial charge < -0.3 is 14.0 Å². The fourth-order valence-corrected chi connectivity index (χ4v) is 4.16. The highest BCUT2D eigenvalue weighted by Gasteiger charge is 2.21. The van der Waals surface area contributed by atoms with Crippen molar-refractivity contribution in [1.82, 2.24) is 4.57 Å². The molecule has 3 rings (SSSR count). The Morgan fingerprint density at radius 2 is 1.70 bits per heavy atom. The molecule has 174 valence electrons. The van der Waals surface area contributed by atoms with Crippen LogP contribution in [0.4, 0.5) is 0 Å². The summed E-state index contributed by atoms with van der Waals surface area (Å²) in [4.78, 5) is 25.1. The summed E-state index contributed by atoms with van der Waals surface area (Å²) in [7, 11) is -2.69. The smallest absolute Gasteiger partial charge is 0.342 e. The summed E-state index contributed by atoms with van der Waals surface area (Å²) in [5.41, 5.74) is 3.25. The number of Topliss-reactive ketones (excluding diaryl/α,β-unsaturated/α-hetero) is 1. The molecule has 0 spiro atoms. The molecule has 0 amide bonds. The van der Waals surface area contributed by atoms with Gasteiger partial charge in [0.2, 0.25) is 15.8 Å². The first-order valence-electron chi connectivity index (χ1n) is 10.2. The van der Waals surface area contributed by atoms with E-state index in [2.05, 4.69) is 16.7 Å². The van der Waals surface area contributed by atoms with Crippen LogP contribution in [0.15, 0.2) is 59.5 Å². The number of methoxy groups -OCH3 is 1. The zero-order chi connectivity index (χ0) is 24.2. The van der Waals surface area contributed by atoms with Crippen LogP contribution in [-0.4, -0.2) is 38.5 Å². The van der Waals surface area contributed by atoms with Crippen LogP contribution in [0.2, 0.25) is 0 Å². The van der Waals surface area contributed by atoms with Gasteiger partial charge in [-0.15, -0.1) is 0 Å². The van der Waals surface area contributed by atoms with Crippen LogP contribution in [-0.2, 0) is 27.7 Å². The molecule has 0 radical (unpaired) electrons. The molecule has 9 heteroatoms. The van der Waals surface area contributed by atoms with Crippen molar-refractivity contribution >= 4 is 21.8 Å². The van der Waals surface area contributed by atoms with E-state index in [9.17, 15) is 18.0 Å². The molecule has 1 heterocycles. The first-order valence-corrected chi connectivity index (χ1v) is 11.8. The minimum atomic E-state index is -4.02. The second-order valence-corrected chi connectivity index (χ2v) is 9.14. The lowest BCUT2D eigenvalue weighted by Gasteiger charge is -2.11. The topological polar surface area (TPSA) is 118 Å². The van der Waals surface area contributed by atoms with E-state index in [1.54, 1.807) is 6.07 Å². The number of benzene rings is 2. The predicted molar refractivity (Wildman–Crippen MR) is 123 cm³/mol. The Balaban J connectivity index is 1.72. The molecule has 0 fully saturated rings. The average molecular weight is 471 g/mol. The molecule has 33 heavy (non-hydrogen) atoms. The van der Waals surface area contributed by atoms with Gasteiger partial charge in [-0.25, -0.2) is 18.4 Å². The van der Waals surface area contributed by atoms with E-state index in [0.29, 0.717) is 12.1 Å². The van der Waals surface area contributed by atoms with Crippen LogP contribution in [0, 0.1) is 13.8 Å². The third-order valence-electron chi connectivity index (χ3n) is 5.39. The number of nitrogens with two attached hydrogens (primary N) is 1. The number of hydrogen-bond acceptors (Lipinski definition) is 6. The lowest BCUT2D eigenvalue weighted by Crippen LogP contribution is -2.17.